The lowest BCUT2D eigenvalue weighted by Crippen LogP contribution is -2.40. The van der Waals surface area contributed by atoms with E-state index in [-0.39, 0.29) is 12.1 Å². The van der Waals surface area contributed by atoms with Gasteiger partial charge in [0, 0.05) is 30.7 Å². The van der Waals surface area contributed by atoms with Gasteiger partial charge >= 0.3 is 6.03 Å². The zero-order valence-electron chi connectivity index (χ0n) is 16.0. The molecule has 1 saturated carbocycles. The Labute approximate surface area is 184 Å². The van der Waals surface area contributed by atoms with Gasteiger partial charge in [0.15, 0.2) is 0 Å². The number of thiazole rings is 1. The average molecular weight is 456 g/mol. The highest BCUT2D eigenvalue weighted by atomic mass is 35.5. The van der Waals surface area contributed by atoms with Crippen LogP contribution in [0.1, 0.15) is 24.6 Å². The summed E-state index contributed by atoms with van der Waals surface area (Å²) >= 11 is 13.2. The minimum atomic E-state index is -0.254. The summed E-state index contributed by atoms with van der Waals surface area (Å²) in [7, 11) is 0. The van der Waals surface area contributed by atoms with E-state index < -0.39 is 0 Å². The molecule has 2 N–H and O–H groups in total. The summed E-state index contributed by atoms with van der Waals surface area (Å²) in [5, 5.41) is 6.41. The summed E-state index contributed by atoms with van der Waals surface area (Å²) in [6.45, 7) is 3.04. The number of nitrogens with zero attached hydrogens (tertiary/aromatic N) is 1. The van der Waals surface area contributed by atoms with Gasteiger partial charge in [0.2, 0.25) is 0 Å². The van der Waals surface area contributed by atoms with Crippen LogP contribution in [0.2, 0.25) is 5.02 Å². The summed E-state index contributed by atoms with van der Waals surface area (Å²) in [6.07, 6.45) is 7.94. The second-order valence-electron chi connectivity index (χ2n) is 6.71. The van der Waals surface area contributed by atoms with Gasteiger partial charge in [-0.2, -0.15) is 0 Å². The van der Waals surface area contributed by atoms with Crippen LogP contribution >= 0.6 is 34.5 Å². The predicted molar refractivity (Wildman–Crippen MR) is 118 cm³/mol. The standard InChI is InChI=1S/C20H23Cl2N3O3S/c1-13(25-19(26)23-9-8-21)2-6-16-11-24-20(29-16)28-18-7-5-15(10-17(18)22)27-12-14-3-4-14/h2,5-7,10-11,13-14H,3-4,8-9,12H2,1H3,(H2,23,25,26)/t13-/m0/s1. The van der Waals surface area contributed by atoms with E-state index in [1.807, 2.05) is 25.1 Å². The predicted octanol–water partition coefficient (Wildman–Crippen LogP) is 5.32. The van der Waals surface area contributed by atoms with Crippen molar-refractivity contribution in [1.82, 2.24) is 15.6 Å². The van der Waals surface area contributed by atoms with Crippen LogP contribution < -0.4 is 20.1 Å². The fourth-order valence-electron chi connectivity index (χ4n) is 2.35. The van der Waals surface area contributed by atoms with Gasteiger partial charge in [-0.3, -0.25) is 0 Å². The lowest BCUT2D eigenvalue weighted by molar-refractivity contribution is 0.240. The number of halogens is 2. The van der Waals surface area contributed by atoms with Gasteiger partial charge in [-0.05, 0) is 43.9 Å². The number of aromatic nitrogens is 1. The molecule has 0 aliphatic heterocycles. The van der Waals surface area contributed by atoms with Crippen LogP contribution in [0.5, 0.6) is 16.7 Å². The molecule has 0 radical (unpaired) electrons. The number of urea groups is 1. The van der Waals surface area contributed by atoms with Crippen molar-refractivity contribution in [3.05, 3.63) is 40.4 Å². The first-order valence-electron chi connectivity index (χ1n) is 9.38. The first-order chi connectivity index (χ1) is 14.0. The highest BCUT2D eigenvalue weighted by Gasteiger charge is 2.22. The van der Waals surface area contributed by atoms with Crippen molar-refractivity contribution < 1.29 is 14.3 Å². The molecule has 0 saturated heterocycles. The van der Waals surface area contributed by atoms with E-state index in [9.17, 15) is 4.79 Å². The van der Waals surface area contributed by atoms with Crippen molar-refractivity contribution in [2.75, 3.05) is 19.0 Å². The average Bonchev–Trinajstić information content (AvgIpc) is 3.42. The molecule has 1 aromatic heterocycles. The third-order valence-corrected chi connectivity index (χ3v) is 5.40. The smallest absolute Gasteiger partial charge is 0.315 e. The van der Waals surface area contributed by atoms with Gasteiger partial charge in [0.05, 0.1) is 16.5 Å². The fourth-order valence-corrected chi connectivity index (χ4v) is 3.34. The zero-order valence-corrected chi connectivity index (χ0v) is 18.3. The molecule has 0 spiro atoms. The molecule has 0 bridgehead atoms. The molecule has 29 heavy (non-hydrogen) atoms. The van der Waals surface area contributed by atoms with Crippen molar-refractivity contribution in [3.63, 3.8) is 0 Å². The Morgan fingerprint density at radius 3 is 3.00 bits per heavy atom. The Morgan fingerprint density at radius 2 is 2.28 bits per heavy atom. The van der Waals surface area contributed by atoms with E-state index in [2.05, 4.69) is 15.6 Å². The molecule has 3 rings (SSSR count). The van der Waals surface area contributed by atoms with Crippen LogP contribution in [0.4, 0.5) is 4.79 Å². The van der Waals surface area contributed by atoms with Gasteiger partial charge in [-0.15, -0.1) is 11.6 Å². The van der Waals surface area contributed by atoms with Crippen molar-refractivity contribution in [2.45, 2.75) is 25.8 Å². The molecule has 156 valence electrons. The number of carbonyl (C=O) groups is 1. The lowest BCUT2D eigenvalue weighted by Gasteiger charge is -2.10. The minimum absolute atomic E-state index is 0.144. The molecular weight excluding hydrogens is 433 g/mol. The van der Waals surface area contributed by atoms with Crippen molar-refractivity contribution in [3.8, 4) is 16.7 Å². The number of alkyl halides is 1. The summed E-state index contributed by atoms with van der Waals surface area (Å²) in [4.78, 5) is 16.8. The number of hydrogen-bond acceptors (Lipinski definition) is 5. The number of nitrogens with one attached hydrogen (secondary N) is 2. The Kier molecular flexibility index (Phi) is 8.03. The SMILES string of the molecule is C[C@@H](C=Cc1cnc(Oc2ccc(OCC3CC3)cc2Cl)s1)NC(=O)NCCCl. The van der Waals surface area contributed by atoms with Crippen LogP contribution in [0.15, 0.2) is 30.5 Å². The van der Waals surface area contributed by atoms with E-state index >= 15 is 0 Å². The van der Waals surface area contributed by atoms with E-state index in [4.69, 9.17) is 32.7 Å². The maximum atomic E-state index is 11.6. The van der Waals surface area contributed by atoms with E-state index in [1.54, 1.807) is 18.3 Å². The number of benzene rings is 1. The highest BCUT2D eigenvalue weighted by molar-refractivity contribution is 7.14. The Bertz CT molecular complexity index is 855. The maximum Gasteiger partial charge on any atom is 0.315 e. The summed E-state index contributed by atoms with van der Waals surface area (Å²) < 4.78 is 11.5. The monoisotopic (exact) mass is 455 g/mol. The topological polar surface area (TPSA) is 72.5 Å². The normalized spacial score (nSPS) is 14.6. The first kappa shape index (κ1) is 21.7. The fraction of sp³-hybridized carbons (Fsp3) is 0.400. The number of carbonyl (C=O) groups excluding carboxylic acids is 1. The lowest BCUT2D eigenvalue weighted by atomic mass is 10.3. The van der Waals surface area contributed by atoms with Crippen molar-refractivity contribution in [2.24, 2.45) is 5.92 Å². The molecule has 2 aromatic rings. The quantitative estimate of drug-likeness (QED) is 0.475. The van der Waals surface area contributed by atoms with Gasteiger partial charge < -0.3 is 20.1 Å². The number of amides is 2. The third kappa shape index (κ3) is 7.42. The summed E-state index contributed by atoms with van der Waals surface area (Å²) in [5.41, 5.74) is 0. The van der Waals surface area contributed by atoms with Crippen LogP contribution in [0.25, 0.3) is 6.08 Å². The van der Waals surface area contributed by atoms with Crippen LogP contribution in [-0.2, 0) is 0 Å². The number of hydrogen-bond donors (Lipinski definition) is 2. The molecule has 6 nitrogen and oxygen atoms in total. The minimum Gasteiger partial charge on any atom is -0.493 e. The molecule has 1 aliphatic rings. The van der Waals surface area contributed by atoms with Crippen molar-refractivity contribution >= 4 is 46.6 Å². The van der Waals surface area contributed by atoms with E-state index in [0.29, 0.717) is 34.3 Å². The largest absolute Gasteiger partial charge is 0.493 e. The Balaban J connectivity index is 1.51. The Hall–Kier alpha value is -1.96. The molecule has 1 aliphatic carbocycles. The van der Waals surface area contributed by atoms with Crippen LogP contribution in [-0.4, -0.2) is 36.1 Å². The van der Waals surface area contributed by atoms with E-state index in [1.165, 1.54) is 24.2 Å². The molecule has 1 aromatic carbocycles. The number of ether oxygens (including phenoxy) is 2. The van der Waals surface area contributed by atoms with Crippen molar-refractivity contribution in [1.29, 1.82) is 0 Å². The van der Waals surface area contributed by atoms with E-state index in [0.717, 1.165) is 17.2 Å². The van der Waals surface area contributed by atoms with Gasteiger partial charge in [-0.25, -0.2) is 9.78 Å². The van der Waals surface area contributed by atoms with Gasteiger partial charge in [-0.1, -0.05) is 29.0 Å². The zero-order chi connectivity index (χ0) is 20.6. The molecular formula is C20H23Cl2N3O3S. The Morgan fingerprint density at radius 1 is 1.45 bits per heavy atom. The molecule has 1 heterocycles. The third-order valence-electron chi connectivity index (χ3n) is 4.07. The second kappa shape index (κ2) is 10.7. The maximum absolute atomic E-state index is 11.6. The molecule has 9 heteroatoms. The van der Waals surface area contributed by atoms with Gasteiger partial charge in [0.25, 0.3) is 5.19 Å². The first-order valence-corrected chi connectivity index (χ1v) is 11.1. The highest BCUT2D eigenvalue weighted by Crippen LogP contribution is 2.35. The molecule has 2 amide bonds. The second-order valence-corrected chi connectivity index (χ2v) is 8.52. The molecule has 0 unspecified atom stereocenters. The van der Waals surface area contributed by atoms with Crippen LogP contribution in [0.3, 0.4) is 0 Å². The molecule has 1 atom stereocenters. The summed E-state index contributed by atoms with van der Waals surface area (Å²) in [5.74, 6) is 2.33. The van der Waals surface area contributed by atoms with Gasteiger partial charge in [0.1, 0.15) is 11.5 Å². The molecule has 1 fully saturated rings. The van der Waals surface area contributed by atoms with Crippen LogP contribution in [0, 0.1) is 5.92 Å². The summed E-state index contributed by atoms with van der Waals surface area (Å²) in [6, 6.07) is 4.99. The number of rotatable bonds is 10.